The monoisotopic (exact) mass is 439 g/mol. The molecular weight excluding hydrogens is 402 g/mol. The number of ether oxygens (including phenoxy) is 1. The van der Waals surface area contributed by atoms with E-state index < -0.39 is 0 Å². The number of nitrogens with one attached hydrogen (secondary N) is 2. The average Bonchev–Trinajstić information content (AvgIpc) is 3.31. The molecule has 32 heavy (non-hydrogen) atoms. The second kappa shape index (κ2) is 9.05. The third-order valence-corrected chi connectivity index (χ3v) is 8.50. The summed E-state index contributed by atoms with van der Waals surface area (Å²) < 4.78 is 5.59. The second-order valence-corrected chi connectivity index (χ2v) is 10.7. The van der Waals surface area contributed by atoms with Crippen molar-refractivity contribution in [3.63, 3.8) is 0 Å². The summed E-state index contributed by atoms with van der Waals surface area (Å²) in [6, 6.07) is 8.14. The zero-order valence-electron chi connectivity index (χ0n) is 19.3. The molecule has 4 saturated carbocycles. The molecule has 1 aromatic carbocycles. The van der Waals surface area contributed by atoms with Crippen LogP contribution >= 0.6 is 0 Å². The van der Waals surface area contributed by atoms with E-state index in [1.165, 1.54) is 32.1 Å². The number of nitrogens with zero attached hydrogens (tertiary/aromatic N) is 1. The molecule has 1 aliphatic heterocycles. The van der Waals surface area contributed by atoms with Gasteiger partial charge in [-0.2, -0.15) is 0 Å². The first kappa shape index (κ1) is 21.7. The molecular formula is C26H37N3O3. The molecule has 0 aromatic heterocycles. The fourth-order valence-electron chi connectivity index (χ4n) is 7.44. The van der Waals surface area contributed by atoms with Gasteiger partial charge < -0.3 is 15.4 Å². The summed E-state index contributed by atoms with van der Waals surface area (Å²) in [6.07, 6.45) is 9.38. The van der Waals surface area contributed by atoms with Crippen LogP contribution in [0.25, 0.3) is 0 Å². The van der Waals surface area contributed by atoms with Crippen LogP contribution in [0.15, 0.2) is 24.3 Å². The Labute approximate surface area is 191 Å². The molecule has 2 N–H and O–H groups in total. The molecule has 6 heteroatoms. The van der Waals surface area contributed by atoms with Gasteiger partial charge in [0.25, 0.3) is 0 Å². The van der Waals surface area contributed by atoms with Crippen LogP contribution in [0.5, 0.6) is 5.75 Å². The molecule has 6 nitrogen and oxygen atoms in total. The van der Waals surface area contributed by atoms with Crippen molar-refractivity contribution < 1.29 is 14.3 Å². The molecule has 5 aliphatic rings. The summed E-state index contributed by atoms with van der Waals surface area (Å²) in [4.78, 5) is 28.3. The minimum Gasteiger partial charge on any atom is -0.496 e. The Morgan fingerprint density at radius 3 is 2.28 bits per heavy atom. The van der Waals surface area contributed by atoms with Crippen molar-refractivity contribution >= 4 is 11.8 Å². The summed E-state index contributed by atoms with van der Waals surface area (Å²) in [6.45, 7) is 2.65. The topological polar surface area (TPSA) is 70.7 Å². The lowest BCUT2D eigenvalue weighted by Gasteiger charge is -2.55. The maximum absolute atomic E-state index is 13.1. The summed E-state index contributed by atoms with van der Waals surface area (Å²) >= 11 is 0. The van der Waals surface area contributed by atoms with Crippen molar-refractivity contribution in [2.45, 2.75) is 57.4 Å². The van der Waals surface area contributed by atoms with Gasteiger partial charge in [-0.1, -0.05) is 18.2 Å². The molecule has 1 atom stereocenters. The number of hydrogen-bond acceptors (Lipinski definition) is 4. The lowest BCUT2D eigenvalue weighted by Crippen LogP contribution is -2.54. The molecule has 1 saturated heterocycles. The summed E-state index contributed by atoms with van der Waals surface area (Å²) in [5, 5.41) is 6.09. The van der Waals surface area contributed by atoms with E-state index in [2.05, 4.69) is 21.6 Å². The first-order valence-electron chi connectivity index (χ1n) is 12.5. The fourth-order valence-corrected chi connectivity index (χ4v) is 7.44. The lowest BCUT2D eigenvalue weighted by molar-refractivity contribution is -0.147. The van der Waals surface area contributed by atoms with Crippen molar-refractivity contribution in [1.29, 1.82) is 0 Å². The normalized spacial score (nSPS) is 32.0. The number of para-hydroxylation sites is 1. The van der Waals surface area contributed by atoms with Crippen molar-refractivity contribution in [3.8, 4) is 5.75 Å². The fraction of sp³-hybridized carbons (Fsp3) is 0.692. The van der Waals surface area contributed by atoms with Gasteiger partial charge in [0.15, 0.2) is 0 Å². The molecule has 4 bridgehead atoms. The van der Waals surface area contributed by atoms with Gasteiger partial charge in [0.2, 0.25) is 11.8 Å². The van der Waals surface area contributed by atoms with E-state index in [4.69, 9.17) is 4.74 Å². The standard InChI is InChI=1S/C26H37N3O3/c1-32-23-7-3-2-6-21(23)22(29-8-4-5-9-29)16-27-24(30)17-28-25(31)26-13-18-10-19(14-26)12-20(11-18)15-26/h2-3,6-7,18-20,22H,4-5,8-17H2,1H3,(H,27,30)(H,28,31). The number of hydrogen-bond donors (Lipinski definition) is 2. The minimum atomic E-state index is -0.204. The van der Waals surface area contributed by atoms with Gasteiger partial charge in [-0.25, -0.2) is 0 Å². The van der Waals surface area contributed by atoms with Crippen molar-refractivity contribution in [3.05, 3.63) is 29.8 Å². The molecule has 2 amide bonds. The zero-order chi connectivity index (χ0) is 22.1. The van der Waals surface area contributed by atoms with Crippen LogP contribution < -0.4 is 15.4 Å². The molecule has 0 spiro atoms. The van der Waals surface area contributed by atoms with Gasteiger partial charge in [0.1, 0.15) is 5.75 Å². The van der Waals surface area contributed by atoms with Crippen LogP contribution in [0.4, 0.5) is 0 Å². The molecule has 6 rings (SSSR count). The summed E-state index contributed by atoms with van der Waals surface area (Å²) in [5.41, 5.74) is 0.902. The second-order valence-electron chi connectivity index (χ2n) is 10.7. The molecule has 174 valence electrons. The zero-order valence-corrected chi connectivity index (χ0v) is 19.3. The van der Waals surface area contributed by atoms with E-state index in [1.807, 2.05) is 18.2 Å². The van der Waals surface area contributed by atoms with Crippen molar-refractivity contribution in [2.24, 2.45) is 23.2 Å². The molecule has 5 fully saturated rings. The van der Waals surface area contributed by atoms with Crippen LogP contribution in [0.3, 0.4) is 0 Å². The number of carbonyl (C=O) groups excluding carboxylic acids is 2. The third kappa shape index (κ3) is 4.26. The van der Waals surface area contributed by atoms with Gasteiger partial charge in [-0.15, -0.1) is 0 Å². The number of carbonyl (C=O) groups is 2. The van der Waals surface area contributed by atoms with Crippen LogP contribution in [-0.2, 0) is 9.59 Å². The maximum atomic E-state index is 13.1. The van der Waals surface area contributed by atoms with Gasteiger partial charge in [-0.3, -0.25) is 14.5 Å². The quantitative estimate of drug-likeness (QED) is 0.652. The number of likely N-dealkylation sites (tertiary alicyclic amines) is 1. The number of benzene rings is 1. The Morgan fingerprint density at radius 2 is 1.66 bits per heavy atom. The Morgan fingerprint density at radius 1 is 1.03 bits per heavy atom. The number of methoxy groups -OCH3 is 1. The molecule has 1 unspecified atom stereocenters. The van der Waals surface area contributed by atoms with Gasteiger partial charge >= 0.3 is 0 Å². The number of amides is 2. The van der Waals surface area contributed by atoms with Gasteiger partial charge in [0.05, 0.1) is 19.7 Å². The highest BCUT2D eigenvalue weighted by atomic mass is 16.5. The van der Waals surface area contributed by atoms with E-state index >= 15 is 0 Å². The Kier molecular flexibility index (Phi) is 6.15. The van der Waals surface area contributed by atoms with Crippen LogP contribution in [0.1, 0.15) is 63.0 Å². The Hall–Kier alpha value is -2.08. The van der Waals surface area contributed by atoms with Gasteiger partial charge in [0, 0.05) is 17.5 Å². The number of rotatable bonds is 8. The average molecular weight is 440 g/mol. The smallest absolute Gasteiger partial charge is 0.239 e. The van der Waals surface area contributed by atoms with Crippen LogP contribution in [0.2, 0.25) is 0 Å². The molecule has 0 radical (unpaired) electrons. The summed E-state index contributed by atoms with van der Waals surface area (Å²) in [7, 11) is 1.69. The van der Waals surface area contributed by atoms with E-state index in [0.717, 1.165) is 61.4 Å². The van der Waals surface area contributed by atoms with E-state index in [0.29, 0.717) is 6.54 Å². The minimum absolute atomic E-state index is 0.0687. The first-order chi connectivity index (χ1) is 15.6. The highest BCUT2D eigenvalue weighted by molar-refractivity contribution is 5.88. The van der Waals surface area contributed by atoms with E-state index in [9.17, 15) is 9.59 Å². The molecule has 1 aromatic rings. The van der Waals surface area contributed by atoms with Crippen molar-refractivity contribution in [1.82, 2.24) is 15.5 Å². The molecule has 1 heterocycles. The maximum Gasteiger partial charge on any atom is 0.239 e. The SMILES string of the molecule is COc1ccccc1C(CNC(=O)CNC(=O)C12CC3CC(CC(C3)C1)C2)N1CCCC1. The predicted molar refractivity (Wildman–Crippen MR) is 123 cm³/mol. The molecule has 4 aliphatic carbocycles. The first-order valence-corrected chi connectivity index (χ1v) is 12.5. The van der Waals surface area contributed by atoms with Crippen molar-refractivity contribution in [2.75, 3.05) is 33.3 Å². The highest BCUT2D eigenvalue weighted by Gasteiger charge is 2.54. The Balaban J connectivity index is 1.18. The van der Waals surface area contributed by atoms with E-state index in [1.54, 1.807) is 7.11 Å². The highest BCUT2D eigenvalue weighted by Crippen LogP contribution is 2.60. The van der Waals surface area contributed by atoms with Gasteiger partial charge in [-0.05, 0) is 88.3 Å². The largest absolute Gasteiger partial charge is 0.496 e. The van der Waals surface area contributed by atoms with E-state index in [-0.39, 0.29) is 29.8 Å². The van der Waals surface area contributed by atoms with Crippen LogP contribution in [0, 0.1) is 23.2 Å². The Bertz CT molecular complexity index is 813. The lowest BCUT2D eigenvalue weighted by atomic mass is 9.49. The summed E-state index contributed by atoms with van der Waals surface area (Å²) in [5.74, 6) is 3.04. The van der Waals surface area contributed by atoms with Crippen LogP contribution in [-0.4, -0.2) is 50.0 Å². The third-order valence-electron chi connectivity index (χ3n) is 8.50. The predicted octanol–water partition coefficient (Wildman–Crippen LogP) is 3.28.